The molecule has 2 saturated heterocycles. The molecule has 0 N–H and O–H groups in total. The molecule has 150 valence electrons. The second-order valence-corrected chi connectivity index (χ2v) is 8.80. The van der Waals surface area contributed by atoms with Gasteiger partial charge in [0.1, 0.15) is 5.82 Å². The molecule has 1 spiro atoms. The molecule has 2 aliphatic heterocycles. The van der Waals surface area contributed by atoms with Crippen molar-refractivity contribution in [2.24, 2.45) is 5.41 Å². The highest BCUT2D eigenvalue weighted by molar-refractivity contribution is 5.90. The van der Waals surface area contributed by atoms with Crippen LogP contribution in [0, 0.1) is 5.41 Å². The van der Waals surface area contributed by atoms with E-state index in [4.69, 9.17) is 9.97 Å². The topological polar surface area (TPSA) is 58.0 Å². The van der Waals surface area contributed by atoms with Gasteiger partial charge >= 0.3 is 0 Å². The molecular weight excluding hydrogens is 360 g/mol. The SMILES string of the molecule is CC(C)N1CCC2(CCN(c3nc(-c4ccncc4)nc4cnccc34)CC2)C1. The summed E-state index contributed by atoms with van der Waals surface area (Å²) in [6.07, 6.45) is 11.1. The van der Waals surface area contributed by atoms with Crippen molar-refractivity contribution < 1.29 is 0 Å². The number of nitrogens with zero attached hydrogens (tertiary/aromatic N) is 6. The highest BCUT2D eigenvalue weighted by Gasteiger charge is 2.41. The van der Waals surface area contributed by atoms with E-state index in [2.05, 4.69) is 33.6 Å². The zero-order valence-electron chi connectivity index (χ0n) is 17.3. The number of anilines is 1. The largest absolute Gasteiger partial charge is 0.356 e. The molecule has 6 heteroatoms. The minimum absolute atomic E-state index is 0.485. The lowest BCUT2D eigenvalue weighted by Crippen LogP contribution is -2.42. The molecule has 0 unspecified atom stereocenters. The van der Waals surface area contributed by atoms with Crippen molar-refractivity contribution in [3.05, 3.63) is 43.0 Å². The van der Waals surface area contributed by atoms with E-state index in [0.717, 1.165) is 41.2 Å². The number of piperidine rings is 1. The predicted octanol–water partition coefficient (Wildman–Crippen LogP) is 3.79. The van der Waals surface area contributed by atoms with Crippen LogP contribution < -0.4 is 4.90 Å². The van der Waals surface area contributed by atoms with Gasteiger partial charge in [-0.2, -0.15) is 0 Å². The van der Waals surface area contributed by atoms with Gasteiger partial charge in [-0.15, -0.1) is 0 Å². The third-order valence-electron chi connectivity index (χ3n) is 6.74. The molecule has 2 fully saturated rings. The Morgan fingerprint density at radius 1 is 0.897 bits per heavy atom. The van der Waals surface area contributed by atoms with Gasteiger partial charge in [-0.25, -0.2) is 9.97 Å². The van der Waals surface area contributed by atoms with Gasteiger partial charge in [0.05, 0.1) is 11.7 Å². The third kappa shape index (κ3) is 3.46. The molecule has 6 nitrogen and oxygen atoms in total. The van der Waals surface area contributed by atoms with E-state index in [0.29, 0.717) is 11.5 Å². The van der Waals surface area contributed by atoms with E-state index >= 15 is 0 Å². The van der Waals surface area contributed by atoms with Crippen LogP contribution in [0.5, 0.6) is 0 Å². The minimum atomic E-state index is 0.485. The Morgan fingerprint density at radius 3 is 2.34 bits per heavy atom. The first-order chi connectivity index (χ1) is 14.1. The van der Waals surface area contributed by atoms with Crippen molar-refractivity contribution in [3.63, 3.8) is 0 Å². The van der Waals surface area contributed by atoms with Gasteiger partial charge in [-0.05, 0) is 63.3 Å². The fraction of sp³-hybridized carbons (Fsp3) is 0.478. The van der Waals surface area contributed by atoms with Crippen molar-refractivity contribution in [2.45, 2.75) is 39.2 Å². The molecule has 5 rings (SSSR count). The van der Waals surface area contributed by atoms with E-state index in [-0.39, 0.29) is 0 Å². The molecule has 3 aromatic heterocycles. The highest BCUT2D eigenvalue weighted by atomic mass is 15.2. The van der Waals surface area contributed by atoms with Crippen LogP contribution in [0.15, 0.2) is 43.0 Å². The molecule has 0 bridgehead atoms. The number of likely N-dealkylation sites (tertiary alicyclic amines) is 1. The maximum Gasteiger partial charge on any atom is 0.162 e. The van der Waals surface area contributed by atoms with Crippen molar-refractivity contribution in [1.82, 2.24) is 24.8 Å². The molecule has 5 heterocycles. The zero-order valence-corrected chi connectivity index (χ0v) is 17.3. The molecule has 0 atom stereocenters. The Kier molecular flexibility index (Phi) is 4.66. The molecule has 29 heavy (non-hydrogen) atoms. The Bertz CT molecular complexity index is 995. The Labute approximate surface area is 172 Å². The van der Waals surface area contributed by atoms with Gasteiger partial charge in [-0.1, -0.05) is 0 Å². The highest BCUT2D eigenvalue weighted by Crippen LogP contribution is 2.42. The van der Waals surface area contributed by atoms with Crippen molar-refractivity contribution in [3.8, 4) is 11.4 Å². The number of aromatic nitrogens is 4. The summed E-state index contributed by atoms with van der Waals surface area (Å²) in [5.74, 6) is 1.79. The Hall–Kier alpha value is -2.60. The van der Waals surface area contributed by atoms with Gasteiger partial charge in [0.25, 0.3) is 0 Å². The second kappa shape index (κ2) is 7.34. The Balaban J connectivity index is 1.45. The van der Waals surface area contributed by atoms with E-state index in [1.54, 1.807) is 12.4 Å². The standard InChI is InChI=1S/C23H28N6/c1-17(2)29-14-8-23(16-29)6-12-28(13-7-23)22-19-5-11-25-15-20(19)26-21(27-22)18-3-9-24-10-4-18/h3-5,9-11,15,17H,6-8,12-14,16H2,1-2H3. The van der Waals surface area contributed by atoms with Gasteiger partial charge in [-0.3, -0.25) is 9.97 Å². The van der Waals surface area contributed by atoms with Crippen molar-refractivity contribution in [1.29, 1.82) is 0 Å². The quantitative estimate of drug-likeness (QED) is 0.680. The lowest BCUT2D eigenvalue weighted by Gasteiger charge is -2.40. The van der Waals surface area contributed by atoms with Crippen LogP contribution >= 0.6 is 0 Å². The van der Waals surface area contributed by atoms with E-state index in [1.807, 2.05) is 30.6 Å². The summed E-state index contributed by atoms with van der Waals surface area (Å²) in [5.41, 5.74) is 2.37. The molecule has 0 radical (unpaired) electrons. The summed E-state index contributed by atoms with van der Waals surface area (Å²) in [6, 6.07) is 6.62. The van der Waals surface area contributed by atoms with Crippen LogP contribution in [0.3, 0.4) is 0 Å². The fourth-order valence-corrected chi connectivity index (χ4v) is 4.85. The number of hydrogen-bond donors (Lipinski definition) is 0. The first-order valence-corrected chi connectivity index (χ1v) is 10.6. The summed E-state index contributed by atoms with van der Waals surface area (Å²) >= 11 is 0. The molecule has 3 aromatic rings. The maximum atomic E-state index is 5.00. The van der Waals surface area contributed by atoms with Gasteiger partial charge in [0.15, 0.2) is 5.82 Å². The van der Waals surface area contributed by atoms with Crippen LogP contribution in [0.2, 0.25) is 0 Å². The average molecular weight is 389 g/mol. The average Bonchev–Trinajstić information content (AvgIpc) is 3.18. The van der Waals surface area contributed by atoms with Crippen LogP contribution in [0.25, 0.3) is 22.3 Å². The van der Waals surface area contributed by atoms with Gasteiger partial charge in [0.2, 0.25) is 0 Å². The smallest absolute Gasteiger partial charge is 0.162 e. The maximum absolute atomic E-state index is 5.00. The van der Waals surface area contributed by atoms with Crippen LogP contribution in [-0.2, 0) is 0 Å². The summed E-state index contributed by atoms with van der Waals surface area (Å²) < 4.78 is 0. The summed E-state index contributed by atoms with van der Waals surface area (Å²) in [4.78, 5) is 23.3. The molecule has 0 aromatic carbocycles. The fourth-order valence-electron chi connectivity index (χ4n) is 4.85. The van der Waals surface area contributed by atoms with Crippen LogP contribution in [0.1, 0.15) is 33.1 Å². The predicted molar refractivity (Wildman–Crippen MR) is 116 cm³/mol. The minimum Gasteiger partial charge on any atom is -0.356 e. The second-order valence-electron chi connectivity index (χ2n) is 8.80. The first kappa shape index (κ1) is 18.4. The van der Waals surface area contributed by atoms with Gasteiger partial charge < -0.3 is 9.80 Å². The number of hydrogen-bond acceptors (Lipinski definition) is 6. The molecule has 0 aliphatic carbocycles. The number of fused-ring (bicyclic) bond motifs is 1. The summed E-state index contributed by atoms with van der Waals surface area (Å²) in [7, 11) is 0. The van der Waals surface area contributed by atoms with Crippen LogP contribution in [-0.4, -0.2) is 57.1 Å². The lowest BCUT2D eigenvalue weighted by atomic mass is 9.77. The molecular formula is C23H28N6. The van der Waals surface area contributed by atoms with E-state index in [9.17, 15) is 0 Å². The zero-order chi connectivity index (χ0) is 19.8. The summed E-state index contributed by atoms with van der Waals surface area (Å²) in [6.45, 7) is 9.22. The normalized spacial score (nSPS) is 19.5. The van der Waals surface area contributed by atoms with Gasteiger partial charge in [0, 0.05) is 55.2 Å². The first-order valence-electron chi connectivity index (χ1n) is 10.6. The number of pyridine rings is 2. The summed E-state index contributed by atoms with van der Waals surface area (Å²) in [5, 5.41) is 1.09. The van der Waals surface area contributed by atoms with E-state index < -0.39 is 0 Å². The third-order valence-corrected chi connectivity index (χ3v) is 6.74. The monoisotopic (exact) mass is 388 g/mol. The van der Waals surface area contributed by atoms with Crippen LogP contribution in [0.4, 0.5) is 5.82 Å². The number of rotatable bonds is 3. The molecule has 0 amide bonds. The lowest BCUT2D eigenvalue weighted by molar-refractivity contribution is 0.189. The van der Waals surface area contributed by atoms with E-state index in [1.165, 1.54) is 32.4 Å². The molecule has 0 saturated carbocycles. The Morgan fingerprint density at radius 2 is 1.62 bits per heavy atom. The van der Waals surface area contributed by atoms with Crippen molar-refractivity contribution >= 4 is 16.7 Å². The molecule has 2 aliphatic rings. The van der Waals surface area contributed by atoms with Crippen molar-refractivity contribution in [2.75, 3.05) is 31.1 Å².